The molecule has 0 N–H and O–H groups in total. The molecule has 0 fully saturated rings. The van der Waals surface area contributed by atoms with Crippen molar-refractivity contribution >= 4 is 29.7 Å². The first-order chi connectivity index (χ1) is 7.21. The average Bonchev–Trinajstić information content (AvgIpc) is 2.31. The third-order valence-electron chi connectivity index (χ3n) is 1.63. The molecule has 2 aromatic rings. The molecule has 2 rings (SSSR count). The summed E-state index contributed by atoms with van der Waals surface area (Å²) >= 11 is 0. The number of aromatic nitrogens is 2. The molecule has 0 radical (unpaired) electrons. The van der Waals surface area contributed by atoms with E-state index in [1.807, 2.05) is 36.4 Å². The van der Waals surface area contributed by atoms with Gasteiger partial charge in [-0.3, -0.25) is 0 Å². The fourth-order valence-corrected chi connectivity index (χ4v) is 3.48. The van der Waals surface area contributed by atoms with E-state index < -0.39 is 10.6 Å². The molecule has 0 saturated heterocycles. The zero-order chi connectivity index (χ0) is 10.7. The number of rotatable bonds is 2. The molecule has 15 heavy (non-hydrogen) atoms. The van der Waals surface area contributed by atoms with Gasteiger partial charge in [-0.1, -0.05) is 0 Å². The van der Waals surface area contributed by atoms with Crippen molar-refractivity contribution in [1.82, 2.24) is 9.97 Å². The van der Waals surface area contributed by atoms with Gasteiger partial charge in [0.25, 0.3) is 0 Å². The summed E-state index contributed by atoms with van der Waals surface area (Å²) in [5.41, 5.74) is 0. The second-order valence-corrected chi connectivity index (χ2v) is 8.21. The Morgan fingerprint density at radius 2 is 1.27 bits per heavy atom. The summed E-state index contributed by atoms with van der Waals surface area (Å²) < 4.78 is 1.34. The Balaban J connectivity index is 2.44. The Kier molecular flexibility index (Phi) is 3.25. The van der Waals surface area contributed by atoms with Gasteiger partial charge in [-0.25, -0.2) is 0 Å². The first kappa shape index (κ1) is 10.9. The van der Waals surface area contributed by atoms with Crippen molar-refractivity contribution in [3.8, 4) is 0 Å². The van der Waals surface area contributed by atoms with Crippen LogP contribution in [0.25, 0.3) is 0 Å². The Morgan fingerprint density at radius 3 is 1.60 bits per heavy atom. The van der Waals surface area contributed by atoms with E-state index in [4.69, 9.17) is 20.4 Å². The Labute approximate surface area is 98.9 Å². The molecule has 0 unspecified atom stereocenters. The molecule has 0 saturated carbocycles. The third-order valence-corrected chi connectivity index (χ3v) is 5.50. The molecule has 0 aliphatic heterocycles. The van der Waals surface area contributed by atoms with Gasteiger partial charge < -0.3 is 0 Å². The average molecular weight is 286 g/mol. The molecular weight excluding hydrogens is 278 g/mol. The molecule has 2 nitrogen and oxygen atoms in total. The molecule has 5 heteroatoms. The maximum absolute atomic E-state index is 6.32. The summed E-state index contributed by atoms with van der Waals surface area (Å²) in [6, 6.07) is 11.0. The van der Waals surface area contributed by atoms with Crippen molar-refractivity contribution < 1.29 is 10.6 Å². The van der Waals surface area contributed by atoms with Crippen LogP contribution in [0.1, 0.15) is 0 Å². The molecule has 0 aromatic carbocycles. The summed E-state index contributed by atoms with van der Waals surface area (Å²) in [6.45, 7) is 0. The van der Waals surface area contributed by atoms with Crippen LogP contribution in [0.4, 0.5) is 0 Å². The van der Waals surface area contributed by atoms with Crippen LogP contribution < -0.4 is 9.33 Å². The van der Waals surface area contributed by atoms with Crippen molar-refractivity contribution in [2.75, 3.05) is 0 Å². The Bertz CT molecular complexity index is 392. The summed E-state index contributed by atoms with van der Waals surface area (Å²) in [6.07, 6.45) is 3.35. The maximum atomic E-state index is 6.32. The van der Waals surface area contributed by atoms with Crippen molar-refractivity contribution in [3.05, 3.63) is 48.8 Å². The van der Waals surface area contributed by atoms with Gasteiger partial charge in [-0.15, -0.1) is 0 Å². The van der Waals surface area contributed by atoms with E-state index in [-0.39, 0.29) is 0 Å². The number of pyridine rings is 2. The van der Waals surface area contributed by atoms with E-state index in [2.05, 4.69) is 9.97 Å². The van der Waals surface area contributed by atoms with Crippen molar-refractivity contribution in [1.29, 1.82) is 0 Å². The molecular formula is C10H8Cl2N2Ni. The van der Waals surface area contributed by atoms with Gasteiger partial charge in [0.15, 0.2) is 0 Å². The molecule has 0 bridgehead atoms. The number of halogens is 2. The van der Waals surface area contributed by atoms with Crippen LogP contribution in [0.15, 0.2) is 48.8 Å². The van der Waals surface area contributed by atoms with Crippen LogP contribution in [-0.2, 0) is 10.6 Å². The molecule has 2 heterocycles. The predicted molar refractivity (Wildman–Crippen MR) is 59.4 cm³/mol. The van der Waals surface area contributed by atoms with Crippen LogP contribution in [0.3, 0.4) is 0 Å². The van der Waals surface area contributed by atoms with Gasteiger partial charge in [0.2, 0.25) is 0 Å². The predicted octanol–water partition coefficient (Wildman–Crippen LogP) is 1.89. The first-order valence-electron chi connectivity index (χ1n) is 4.10. The fourth-order valence-electron chi connectivity index (χ4n) is 0.981. The first-order valence-corrected chi connectivity index (χ1v) is 7.80. The van der Waals surface area contributed by atoms with E-state index in [1.165, 1.54) is 0 Å². The summed E-state index contributed by atoms with van der Waals surface area (Å²) in [5, 5.41) is 0. The van der Waals surface area contributed by atoms with Crippen LogP contribution in [-0.4, -0.2) is 9.97 Å². The van der Waals surface area contributed by atoms with Gasteiger partial charge in [-0.05, 0) is 0 Å². The monoisotopic (exact) mass is 284 g/mol. The van der Waals surface area contributed by atoms with E-state index >= 15 is 0 Å². The minimum atomic E-state index is -2.23. The second kappa shape index (κ2) is 4.48. The quantitative estimate of drug-likeness (QED) is 0.788. The van der Waals surface area contributed by atoms with Crippen molar-refractivity contribution in [2.45, 2.75) is 0 Å². The van der Waals surface area contributed by atoms with Gasteiger partial charge in [0.1, 0.15) is 0 Å². The zero-order valence-electron chi connectivity index (χ0n) is 7.59. The van der Waals surface area contributed by atoms with Crippen molar-refractivity contribution in [3.63, 3.8) is 0 Å². The van der Waals surface area contributed by atoms with E-state index in [0.29, 0.717) is 9.33 Å². The minimum absolute atomic E-state index is 0.670. The van der Waals surface area contributed by atoms with Gasteiger partial charge in [-0.2, -0.15) is 0 Å². The van der Waals surface area contributed by atoms with Crippen molar-refractivity contribution in [2.24, 2.45) is 0 Å². The Hall–Kier alpha value is -0.626. The van der Waals surface area contributed by atoms with Crippen LogP contribution in [0.2, 0.25) is 0 Å². The van der Waals surface area contributed by atoms with Gasteiger partial charge >= 0.3 is 99.1 Å². The molecule has 0 aliphatic carbocycles. The summed E-state index contributed by atoms with van der Waals surface area (Å²) in [4.78, 5) is 8.33. The van der Waals surface area contributed by atoms with Crippen LogP contribution >= 0.6 is 20.4 Å². The summed E-state index contributed by atoms with van der Waals surface area (Å²) in [5.74, 6) is 0. The Morgan fingerprint density at radius 1 is 0.800 bits per heavy atom. The number of nitrogens with zero attached hydrogens (tertiary/aromatic N) is 2. The van der Waals surface area contributed by atoms with Crippen LogP contribution in [0, 0.1) is 0 Å². The molecule has 0 spiro atoms. The molecule has 0 atom stereocenters. The van der Waals surface area contributed by atoms with Gasteiger partial charge in [0, 0.05) is 0 Å². The SMILES string of the molecule is [Cl][Ni]([Cl])([c]1ccccn1)[c]1ccccn1. The van der Waals surface area contributed by atoms with E-state index in [1.54, 1.807) is 12.4 Å². The zero-order valence-corrected chi connectivity index (χ0v) is 10.1. The normalized spacial score (nSPS) is 12.4. The topological polar surface area (TPSA) is 25.8 Å². The van der Waals surface area contributed by atoms with E-state index in [9.17, 15) is 0 Å². The molecule has 0 amide bonds. The van der Waals surface area contributed by atoms with Gasteiger partial charge in [0.05, 0.1) is 0 Å². The fraction of sp³-hybridized carbons (Fsp3) is 0. The molecule has 2 aromatic heterocycles. The molecule has 82 valence electrons. The van der Waals surface area contributed by atoms with E-state index in [0.717, 1.165) is 0 Å². The number of hydrogen-bond donors (Lipinski definition) is 0. The third kappa shape index (κ3) is 2.31. The summed E-state index contributed by atoms with van der Waals surface area (Å²) in [7, 11) is 10.4. The van der Waals surface area contributed by atoms with Crippen LogP contribution in [0.5, 0.6) is 0 Å². The molecule has 0 aliphatic rings. The number of hydrogen-bond acceptors (Lipinski definition) is 2. The second-order valence-electron chi connectivity index (χ2n) is 2.60. The standard InChI is InChI=1S/2C5H4N.2ClH.Ni/c2*1-2-4-6-5-3-1;;;/h2*1-4H;2*1H;/q;;;;+2/p-2.